The molecule has 0 saturated carbocycles. The number of carbonyl (C=O) groups is 1. The summed E-state index contributed by atoms with van der Waals surface area (Å²) in [7, 11) is 2.96. The third-order valence-electron chi connectivity index (χ3n) is 3.83. The fraction of sp³-hybridized carbons (Fsp3) is 0.318. The molecule has 2 aromatic rings. The molecule has 0 bridgehead atoms. The van der Waals surface area contributed by atoms with Crippen molar-refractivity contribution in [2.45, 2.75) is 34.3 Å². The van der Waals surface area contributed by atoms with Gasteiger partial charge in [-0.3, -0.25) is 4.79 Å². The van der Waals surface area contributed by atoms with Gasteiger partial charge in [-0.05, 0) is 25.0 Å². The Morgan fingerprint density at radius 2 is 1.71 bits per heavy atom. The second-order valence-electron chi connectivity index (χ2n) is 5.63. The zero-order chi connectivity index (χ0) is 20.9. The molecule has 0 aromatic heterocycles. The van der Waals surface area contributed by atoms with E-state index in [1.165, 1.54) is 7.11 Å². The number of oxime groups is 2. The zero-order valence-electron chi connectivity index (χ0n) is 17.4. The monoisotopic (exact) mass is 383 g/mol. The molecular formula is C22H29N3O3. The molecule has 0 aliphatic heterocycles. The van der Waals surface area contributed by atoms with Gasteiger partial charge in [-0.25, -0.2) is 0 Å². The zero-order valence-corrected chi connectivity index (χ0v) is 17.4. The van der Waals surface area contributed by atoms with Gasteiger partial charge in [0.25, 0.3) is 5.91 Å². The summed E-state index contributed by atoms with van der Waals surface area (Å²) in [5.74, 6) is -0.327. The van der Waals surface area contributed by atoms with Gasteiger partial charge in [0, 0.05) is 18.2 Å². The van der Waals surface area contributed by atoms with Gasteiger partial charge in [0.1, 0.15) is 13.7 Å². The molecular weight excluding hydrogens is 354 g/mol. The van der Waals surface area contributed by atoms with Crippen molar-refractivity contribution in [1.29, 1.82) is 0 Å². The predicted molar refractivity (Wildman–Crippen MR) is 114 cm³/mol. The van der Waals surface area contributed by atoms with Gasteiger partial charge in [-0.2, -0.15) is 0 Å². The van der Waals surface area contributed by atoms with E-state index >= 15 is 0 Å². The van der Waals surface area contributed by atoms with E-state index in [-0.39, 0.29) is 18.2 Å². The highest BCUT2D eigenvalue weighted by atomic mass is 16.6. The summed E-state index contributed by atoms with van der Waals surface area (Å²) < 4.78 is 0. The Balaban J connectivity index is 0.00000190. The Morgan fingerprint density at radius 1 is 1.04 bits per heavy atom. The van der Waals surface area contributed by atoms with Crippen molar-refractivity contribution in [3.05, 3.63) is 70.8 Å². The summed E-state index contributed by atoms with van der Waals surface area (Å²) in [5.41, 5.74) is 4.35. The van der Waals surface area contributed by atoms with Crippen LogP contribution in [0, 0.1) is 6.92 Å². The van der Waals surface area contributed by atoms with Crippen molar-refractivity contribution in [3.63, 3.8) is 0 Å². The van der Waals surface area contributed by atoms with Gasteiger partial charge in [-0.15, -0.1) is 0 Å². The van der Waals surface area contributed by atoms with Gasteiger partial charge >= 0.3 is 0 Å². The summed E-state index contributed by atoms with van der Waals surface area (Å²) in [4.78, 5) is 22.6. The SMILES string of the molecule is CC.CNC(=O)/C(=N\OC)c1c(C)cccc1CO/N=C(/C)c1ccccc1. The lowest BCUT2D eigenvalue weighted by Crippen LogP contribution is -2.30. The average molecular weight is 383 g/mol. The van der Waals surface area contributed by atoms with E-state index in [2.05, 4.69) is 15.6 Å². The maximum Gasteiger partial charge on any atom is 0.273 e. The third kappa shape index (κ3) is 6.23. The highest BCUT2D eigenvalue weighted by molar-refractivity contribution is 6.45. The maximum atomic E-state index is 12.2. The average Bonchev–Trinajstić information content (AvgIpc) is 2.74. The van der Waals surface area contributed by atoms with E-state index < -0.39 is 0 Å². The predicted octanol–water partition coefficient (Wildman–Crippen LogP) is 4.06. The van der Waals surface area contributed by atoms with E-state index in [1.807, 2.05) is 76.2 Å². The van der Waals surface area contributed by atoms with Crippen LogP contribution in [0.15, 0.2) is 58.8 Å². The highest BCUT2D eigenvalue weighted by Crippen LogP contribution is 2.18. The van der Waals surface area contributed by atoms with E-state index in [9.17, 15) is 4.79 Å². The first-order valence-corrected chi connectivity index (χ1v) is 9.22. The fourth-order valence-electron chi connectivity index (χ4n) is 2.53. The van der Waals surface area contributed by atoms with Crippen molar-refractivity contribution in [2.24, 2.45) is 10.3 Å². The molecule has 0 unspecified atom stereocenters. The first-order valence-electron chi connectivity index (χ1n) is 9.22. The number of rotatable bonds is 7. The number of nitrogens with one attached hydrogen (secondary N) is 1. The minimum atomic E-state index is -0.327. The number of nitrogens with zero attached hydrogens (tertiary/aromatic N) is 2. The minimum Gasteiger partial charge on any atom is -0.398 e. The Kier molecular flexibility index (Phi) is 10.0. The molecule has 0 radical (unpaired) electrons. The summed E-state index contributed by atoms with van der Waals surface area (Å²) in [6, 6.07) is 15.5. The van der Waals surface area contributed by atoms with Crippen LogP contribution in [0.25, 0.3) is 0 Å². The van der Waals surface area contributed by atoms with Crippen LogP contribution in [-0.4, -0.2) is 31.5 Å². The molecule has 6 nitrogen and oxygen atoms in total. The molecule has 1 amide bonds. The Bertz CT molecular complexity index is 815. The molecule has 0 saturated heterocycles. The minimum absolute atomic E-state index is 0.204. The van der Waals surface area contributed by atoms with Crippen LogP contribution < -0.4 is 5.32 Å². The second-order valence-corrected chi connectivity index (χ2v) is 5.63. The number of aryl methyl sites for hydroxylation is 1. The second kappa shape index (κ2) is 12.3. The Hall–Kier alpha value is -3.15. The number of hydrogen-bond donors (Lipinski definition) is 1. The van der Waals surface area contributed by atoms with E-state index in [4.69, 9.17) is 9.68 Å². The standard InChI is InChI=1S/C20H23N3O3.C2H6/c1-14-9-8-12-17(18(14)19(23-25-4)20(24)21-3)13-26-22-15(2)16-10-6-5-7-11-16;1-2/h5-12H,13H2,1-4H3,(H,21,24);1-2H3/b22-15-,23-19-;. The summed E-state index contributed by atoms with van der Waals surface area (Å²) in [6.07, 6.45) is 0. The van der Waals surface area contributed by atoms with Gasteiger partial charge in [-0.1, -0.05) is 72.7 Å². The van der Waals surface area contributed by atoms with Crippen LogP contribution >= 0.6 is 0 Å². The summed E-state index contributed by atoms with van der Waals surface area (Å²) >= 11 is 0. The number of likely N-dealkylation sites (N-methyl/N-ethyl adjacent to an activating group) is 1. The lowest BCUT2D eigenvalue weighted by Gasteiger charge is -2.13. The number of amides is 1. The molecule has 0 heterocycles. The van der Waals surface area contributed by atoms with Gasteiger partial charge in [0.15, 0.2) is 5.71 Å². The van der Waals surface area contributed by atoms with Gasteiger partial charge in [0.05, 0.1) is 5.71 Å². The molecule has 1 N–H and O–H groups in total. The Morgan fingerprint density at radius 3 is 2.32 bits per heavy atom. The Labute approximate surface area is 167 Å². The van der Waals surface area contributed by atoms with Crippen LogP contribution in [0.2, 0.25) is 0 Å². The molecule has 0 fully saturated rings. The van der Waals surface area contributed by atoms with Crippen LogP contribution in [0.4, 0.5) is 0 Å². The number of carbonyl (C=O) groups excluding carboxylic acids is 1. The first kappa shape index (κ1) is 22.9. The van der Waals surface area contributed by atoms with Gasteiger partial charge in [0.2, 0.25) is 0 Å². The lowest BCUT2D eigenvalue weighted by molar-refractivity contribution is -0.114. The number of hydrogen-bond acceptors (Lipinski definition) is 5. The van der Waals surface area contributed by atoms with Crippen LogP contribution in [0.5, 0.6) is 0 Å². The van der Waals surface area contributed by atoms with Crippen molar-refractivity contribution in [2.75, 3.05) is 14.2 Å². The van der Waals surface area contributed by atoms with E-state index in [1.54, 1.807) is 7.05 Å². The van der Waals surface area contributed by atoms with E-state index in [0.29, 0.717) is 5.56 Å². The van der Waals surface area contributed by atoms with Crippen LogP contribution in [0.3, 0.4) is 0 Å². The topological polar surface area (TPSA) is 72.3 Å². The molecule has 0 aliphatic rings. The van der Waals surface area contributed by atoms with Crippen molar-refractivity contribution in [3.8, 4) is 0 Å². The molecule has 6 heteroatoms. The highest BCUT2D eigenvalue weighted by Gasteiger charge is 2.20. The maximum absolute atomic E-state index is 12.2. The summed E-state index contributed by atoms with van der Waals surface area (Å²) in [5, 5.41) is 10.6. The largest absolute Gasteiger partial charge is 0.398 e. The third-order valence-corrected chi connectivity index (χ3v) is 3.83. The van der Waals surface area contributed by atoms with Crippen molar-refractivity contribution >= 4 is 17.3 Å². The quantitative estimate of drug-likeness (QED) is 0.579. The molecule has 0 spiro atoms. The fourth-order valence-corrected chi connectivity index (χ4v) is 2.53. The molecule has 2 aromatic carbocycles. The summed E-state index contributed by atoms with van der Waals surface area (Å²) in [6.45, 7) is 8.00. The molecule has 2 rings (SSSR count). The molecule has 28 heavy (non-hydrogen) atoms. The van der Waals surface area contributed by atoms with Crippen LogP contribution in [-0.2, 0) is 21.1 Å². The number of benzene rings is 2. The first-order chi connectivity index (χ1) is 13.6. The molecule has 0 atom stereocenters. The van der Waals surface area contributed by atoms with Crippen molar-refractivity contribution in [1.82, 2.24) is 5.32 Å². The lowest BCUT2D eigenvalue weighted by atomic mass is 9.97. The normalized spacial score (nSPS) is 11.2. The van der Waals surface area contributed by atoms with Crippen molar-refractivity contribution < 1.29 is 14.5 Å². The molecule has 150 valence electrons. The van der Waals surface area contributed by atoms with Gasteiger partial charge < -0.3 is 15.0 Å². The van der Waals surface area contributed by atoms with Crippen LogP contribution in [0.1, 0.15) is 43.0 Å². The molecule has 0 aliphatic carbocycles. The smallest absolute Gasteiger partial charge is 0.273 e. The van der Waals surface area contributed by atoms with E-state index in [0.717, 1.165) is 22.4 Å².